The van der Waals surface area contributed by atoms with Crippen molar-refractivity contribution < 1.29 is 17.9 Å². The van der Waals surface area contributed by atoms with Gasteiger partial charge in [0.15, 0.2) is 0 Å². The van der Waals surface area contributed by atoms with E-state index in [1.165, 1.54) is 4.31 Å². The fraction of sp³-hybridized carbons (Fsp3) is 0.533. The minimum atomic E-state index is -3.25. The molecule has 0 bridgehead atoms. The van der Waals surface area contributed by atoms with Crippen LogP contribution in [0.1, 0.15) is 18.1 Å². The molecule has 2 aliphatic rings. The molecule has 2 saturated heterocycles. The van der Waals surface area contributed by atoms with Crippen molar-refractivity contribution in [3.8, 4) is 0 Å². The molecule has 0 aliphatic carbocycles. The van der Waals surface area contributed by atoms with Gasteiger partial charge in [-0.15, -0.1) is 0 Å². The number of nitrogens with zero attached hydrogens (tertiary/aromatic N) is 2. The van der Waals surface area contributed by atoms with Gasteiger partial charge in [0.1, 0.15) is 6.10 Å². The van der Waals surface area contributed by atoms with Crippen molar-refractivity contribution in [2.45, 2.75) is 12.5 Å². The number of hydrogen-bond acceptors (Lipinski definition) is 4. The van der Waals surface area contributed by atoms with Crippen molar-refractivity contribution in [1.29, 1.82) is 0 Å². The molecule has 2 aliphatic heterocycles. The maximum absolute atomic E-state index is 12.4. The summed E-state index contributed by atoms with van der Waals surface area (Å²) in [4.78, 5) is 14.1. The third-order valence-corrected chi connectivity index (χ3v) is 6.33. The summed E-state index contributed by atoms with van der Waals surface area (Å²) in [5.41, 5.74) is 0.959. The van der Waals surface area contributed by atoms with Gasteiger partial charge in [0, 0.05) is 18.1 Å². The molecule has 1 aromatic rings. The SMILES string of the molecule is O=C(CN1CCCS1(=O)=O)N1CCOC(c2ccc(Cl)cc2)C1. The first-order chi connectivity index (χ1) is 11.0. The Morgan fingerprint density at radius 3 is 2.65 bits per heavy atom. The molecular weight excluding hydrogens is 340 g/mol. The topological polar surface area (TPSA) is 66.9 Å². The van der Waals surface area contributed by atoms with E-state index in [9.17, 15) is 13.2 Å². The van der Waals surface area contributed by atoms with E-state index in [4.69, 9.17) is 16.3 Å². The second-order valence-corrected chi connectivity index (χ2v) is 8.28. The van der Waals surface area contributed by atoms with Gasteiger partial charge in [-0.3, -0.25) is 4.79 Å². The maximum atomic E-state index is 12.4. The van der Waals surface area contributed by atoms with Crippen LogP contribution in [0.3, 0.4) is 0 Å². The first kappa shape index (κ1) is 16.7. The minimum Gasteiger partial charge on any atom is -0.370 e. The van der Waals surface area contributed by atoms with Crippen LogP contribution >= 0.6 is 11.6 Å². The van der Waals surface area contributed by atoms with E-state index in [2.05, 4.69) is 0 Å². The molecule has 0 radical (unpaired) electrons. The molecule has 8 heteroatoms. The Hall–Kier alpha value is -1.15. The third-order valence-electron chi connectivity index (χ3n) is 4.18. The molecule has 1 amide bonds. The molecular formula is C15H19ClN2O4S. The van der Waals surface area contributed by atoms with Gasteiger partial charge in [-0.25, -0.2) is 8.42 Å². The van der Waals surface area contributed by atoms with Crippen LogP contribution in [0.15, 0.2) is 24.3 Å². The summed E-state index contributed by atoms with van der Waals surface area (Å²) < 4.78 is 30.6. The summed E-state index contributed by atoms with van der Waals surface area (Å²) >= 11 is 5.88. The Bertz CT molecular complexity index is 677. The van der Waals surface area contributed by atoms with Gasteiger partial charge >= 0.3 is 0 Å². The number of amides is 1. The molecule has 1 unspecified atom stereocenters. The zero-order valence-corrected chi connectivity index (χ0v) is 14.2. The Morgan fingerprint density at radius 2 is 2.00 bits per heavy atom. The van der Waals surface area contributed by atoms with Crippen LogP contribution in [-0.4, -0.2) is 62.1 Å². The highest BCUT2D eigenvalue weighted by molar-refractivity contribution is 7.89. The van der Waals surface area contributed by atoms with E-state index in [-0.39, 0.29) is 24.3 Å². The van der Waals surface area contributed by atoms with E-state index in [1.807, 2.05) is 12.1 Å². The number of benzene rings is 1. The molecule has 0 saturated carbocycles. The zero-order chi connectivity index (χ0) is 16.4. The summed E-state index contributed by atoms with van der Waals surface area (Å²) in [5.74, 6) is -0.0331. The molecule has 3 rings (SSSR count). The first-order valence-corrected chi connectivity index (χ1v) is 9.57. The molecule has 0 aromatic heterocycles. The summed E-state index contributed by atoms with van der Waals surface area (Å²) in [6.45, 7) is 1.70. The summed E-state index contributed by atoms with van der Waals surface area (Å²) in [5, 5.41) is 0.650. The number of carbonyl (C=O) groups excluding carboxylic acids is 1. The predicted molar refractivity (Wildman–Crippen MR) is 86.7 cm³/mol. The van der Waals surface area contributed by atoms with E-state index in [0.29, 0.717) is 37.7 Å². The Kier molecular flexibility index (Phi) is 4.91. The second-order valence-electron chi connectivity index (χ2n) is 5.75. The van der Waals surface area contributed by atoms with Crippen molar-refractivity contribution in [3.63, 3.8) is 0 Å². The molecule has 126 valence electrons. The average molecular weight is 359 g/mol. The number of carbonyl (C=O) groups is 1. The second kappa shape index (κ2) is 6.76. The van der Waals surface area contributed by atoms with Crippen LogP contribution < -0.4 is 0 Å². The van der Waals surface area contributed by atoms with Gasteiger partial charge in [-0.05, 0) is 24.1 Å². The molecule has 2 fully saturated rings. The van der Waals surface area contributed by atoms with Crippen molar-refractivity contribution in [2.24, 2.45) is 0 Å². The zero-order valence-electron chi connectivity index (χ0n) is 12.7. The van der Waals surface area contributed by atoms with Crippen LogP contribution in [0.5, 0.6) is 0 Å². The molecule has 23 heavy (non-hydrogen) atoms. The largest absolute Gasteiger partial charge is 0.370 e. The Balaban J connectivity index is 1.64. The molecule has 2 heterocycles. The number of rotatable bonds is 3. The third kappa shape index (κ3) is 3.85. The quantitative estimate of drug-likeness (QED) is 0.816. The van der Waals surface area contributed by atoms with Gasteiger partial charge in [0.25, 0.3) is 0 Å². The number of halogens is 1. The molecule has 0 spiro atoms. The molecule has 0 N–H and O–H groups in total. The number of morpholine rings is 1. The lowest BCUT2D eigenvalue weighted by molar-refractivity contribution is -0.139. The van der Waals surface area contributed by atoms with Crippen LogP contribution in [0, 0.1) is 0 Å². The summed E-state index contributed by atoms with van der Waals surface area (Å²) in [7, 11) is -3.25. The smallest absolute Gasteiger partial charge is 0.238 e. The van der Waals surface area contributed by atoms with E-state index < -0.39 is 10.0 Å². The van der Waals surface area contributed by atoms with Crippen LogP contribution in [-0.2, 0) is 19.6 Å². The van der Waals surface area contributed by atoms with E-state index in [1.54, 1.807) is 17.0 Å². The molecule has 1 aromatic carbocycles. The summed E-state index contributed by atoms with van der Waals surface area (Å²) in [6.07, 6.45) is 0.381. The van der Waals surface area contributed by atoms with Gasteiger partial charge in [-0.1, -0.05) is 23.7 Å². The summed E-state index contributed by atoms with van der Waals surface area (Å²) in [6, 6.07) is 7.34. The van der Waals surface area contributed by atoms with E-state index >= 15 is 0 Å². The van der Waals surface area contributed by atoms with Crippen molar-refractivity contribution in [1.82, 2.24) is 9.21 Å². The van der Waals surface area contributed by atoms with Gasteiger partial charge in [-0.2, -0.15) is 4.31 Å². The van der Waals surface area contributed by atoms with Gasteiger partial charge in [0.2, 0.25) is 15.9 Å². The standard InChI is InChI=1S/C15H19ClN2O4S/c16-13-4-2-12(3-5-13)14-10-17(7-8-22-14)15(19)11-18-6-1-9-23(18,20)21/h2-5,14H,1,6-11H2. The fourth-order valence-electron chi connectivity index (χ4n) is 2.87. The van der Waals surface area contributed by atoms with Gasteiger partial charge in [0.05, 0.1) is 25.4 Å². The minimum absolute atomic E-state index is 0.0737. The first-order valence-electron chi connectivity index (χ1n) is 7.58. The Morgan fingerprint density at radius 1 is 1.26 bits per heavy atom. The lowest BCUT2D eigenvalue weighted by Gasteiger charge is -2.34. The molecule has 6 nitrogen and oxygen atoms in total. The highest BCUT2D eigenvalue weighted by Crippen LogP contribution is 2.24. The number of sulfonamides is 1. The fourth-order valence-corrected chi connectivity index (χ4v) is 4.47. The van der Waals surface area contributed by atoms with E-state index in [0.717, 1.165) is 5.56 Å². The highest BCUT2D eigenvalue weighted by atomic mass is 35.5. The van der Waals surface area contributed by atoms with Crippen molar-refractivity contribution in [3.05, 3.63) is 34.9 Å². The normalized spacial score (nSPS) is 24.7. The van der Waals surface area contributed by atoms with Crippen LogP contribution in [0.25, 0.3) is 0 Å². The monoisotopic (exact) mass is 358 g/mol. The lowest BCUT2D eigenvalue weighted by atomic mass is 10.1. The average Bonchev–Trinajstić information content (AvgIpc) is 2.87. The Labute approximate surface area is 141 Å². The number of hydrogen-bond donors (Lipinski definition) is 0. The lowest BCUT2D eigenvalue weighted by Crippen LogP contribution is -2.47. The van der Waals surface area contributed by atoms with Crippen LogP contribution in [0.2, 0.25) is 5.02 Å². The molecule has 1 atom stereocenters. The number of ether oxygens (including phenoxy) is 1. The van der Waals surface area contributed by atoms with Crippen LogP contribution in [0.4, 0.5) is 0 Å². The maximum Gasteiger partial charge on any atom is 0.238 e. The van der Waals surface area contributed by atoms with Crippen molar-refractivity contribution in [2.75, 3.05) is 38.5 Å². The highest BCUT2D eigenvalue weighted by Gasteiger charge is 2.33. The van der Waals surface area contributed by atoms with Crippen molar-refractivity contribution >= 4 is 27.5 Å². The predicted octanol–water partition coefficient (Wildman–Crippen LogP) is 1.28. The van der Waals surface area contributed by atoms with Gasteiger partial charge < -0.3 is 9.64 Å².